The number of rotatable bonds is 10. The van der Waals surface area contributed by atoms with Crippen molar-refractivity contribution in [2.45, 2.75) is 16.9 Å². The van der Waals surface area contributed by atoms with Crippen LogP contribution in [0.15, 0.2) is 143 Å². The van der Waals surface area contributed by atoms with Gasteiger partial charge in [-0.15, -0.1) is 0 Å². The number of hydrogen-bond donors (Lipinski definition) is 2. The number of benzene rings is 4. The second-order valence-electron chi connectivity index (χ2n) is 13.3. The third-order valence-electron chi connectivity index (χ3n) is 10.2. The molecule has 0 saturated carbocycles. The number of fused-ring (bicyclic) bond motifs is 6. The van der Waals surface area contributed by atoms with E-state index in [9.17, 15) is 19.5 Å². The number of thioether (sulfide) groups is 1. The summed E-state index contributed by atoms with van der Waals surface area (Å²) in [4.78, 5) is 45.5. The molecule has 0 spiro atoms. The first-order valence-electron chi connectivity index (χ1n) is 17.6. The maximum atomic E-state index is 14.0. The fourth-order valence-electron chi connectivity index (χ4n) is 7.67. The van der Waals surface area contributed by atoms with Gasteiger partial charge in [0.05, 0.1) is 23.3 Å². The SMILES string of the molecule is CN1/C(=C\C2=C3C=CC=CC3N(CC(=O)N(CCNC(=O)OCC3c4ccccc4-c4ccccc43)CC(=O)O)c3ccccc32)Sc2ccccc21. The Morgan fingerprint density at radius 1 is 0.868 bits per heavy atom. The van der Waals surface area contributed by atoms with Gasteiger partial charge in [-0.1, -0.05) is 115 Å². The first kappa shape index (κ1) is 34.1. The number of nitrogens with zero attached hydrogens (tertiary/aromatic N) is 3. The van der Waals surface area contributed by atoms with Crippen molar-refractivity contribution in [2.24, 2.45) is 0 Å². The van der Waals surface area contributed by atoms with Gasteiger partial charge in [0, 0.05) is 42.2 Å². The van der Waals surface area contributed by atoms with Crippen molar-refractivity contribution in [3.63, 3.8) is 0 Å². The van der Waals surface area contributed by atoms with E-state index in [1.807, 2.05) is 71.6 Å². The zero-order valence-electron chi connectivity index (χ0n) is 29.1. The number of carboxylic acid groups (broad SMARTS) is 1. The molecule has 4 aromatic carbocycles. The normalized spacial score (nSPS) is 17.2. The summed E-state index contributed by atoms with van der Waals surface area (Å²) >= 11 is 1.73. The Labute approximate surface area is 312 Å². The summed E-state index contributed by atoms with van der Waals surface area (Å²) in [7, 11) is 2.07. The lowest BCUT2D eigenvalue weighted by molar-refractivity contribution is -0.143. The molecule has 0 radical (unpaired) electrons. The second-order valence-corrected chi connectivity index (χ2v) is 14.3. The van der Waals surface area contributed by atoms with Gasteiger partial charge >= 0.3 is 12.1 Å². The molecule has 4 aromatic rings. The monoisotopic (exact) mass is 722 g/mol. The van der Waals surface area contributed by atoms with Crippen LogP contribution < -0.4 is 15.1 Å². The van der Waals surface area contributed by atoms with Crippen molar-refractivity contribution in [1.29, 1.82) is 0 Å². The molecule has 8 rings (SSSR count). The molecule has 53 heavy (non-hydrogen) atoms. The Bertz CT molecular complexity index is 2200. The van der Waals surface area contributed by atoms with Crippen LogP contribution in [0.3, 0.4) is 0 Å². The van der Waals surface area contributed by atoms with E-state index in [4.69, 9.17) is 4.74 Å². The number of hydrogen-bond acceptors (Lipinski definition) is 7. The van der Waals surface area contributed by atoms with Crippen molar-refractivity contribution < 1.29 is 24.2 Å². The van der Waals surface area contributed by atoms with E-state index in [1.54, 1.807) is 11.8 Å². The van der Waals surface area contributed by atoms with E-state index in [0.29, 0.717) is 0 Å². The van der Waals surface area contributed by atoms with Gasteiger partial charge in [0.25, 0.3) is 0 Å². The molecule has 0 bridgehead atoms. The molecule has 1 atom stereocenters. The number of anilines is 2. The summed E-state index contributed by atoms with van der Waals surface area (Å²) in [6.45, 7) is -0.341. The number of carbonyl (C=O) groups excluding carboxylic acids is 2. The Morgan fingerprint density at radius 2 is 1.53 bits per heavy atom. The fraction of sp³-hybridized carbons (Fsp3) is 0.186. The van der Waals surface area contributed by atoms with Gasteiger partial charge < -0.3 is 29.9 Å². The van der Waals surface area contributed by atoms with Crippen molar-refractivity contribution in [3.05, 3.63) is 155 Å². The number of carboxylic acids is 1. The molecule has 2 amide bonds. The van der Waals surface area contributed by atoms with Crippen molar-refractivity contribution in [1.82, 2.24) is 10.2 Å². The van der Waals surface area contributed by atoms with Crippen LogP contribution in [0.2, 0.25) is 0 Å². The molecule has 9 nitrogen and oxygen atoms in total. The Kier molecular flexibility index (Phi) is 9.37. The fourth-order valence-corrected chi connectivity index (χ4v) is 8.76. The van der Waals surface area contributed by atoms with Gasteiger partial charge in [-0.2, -0.15) is 0 Å². The molecule has 0 saturated heterocycles. The lowest BCUT2D eigenvalue weighted by atomic mass is 9.85. The average molecular weight is 723 g/mol. The highest BCUT2D eigenvalue weighted by Gasteiger charge is 2.34. The maximum absolute atomic E-state index is 14.0. The first-order valence-corrected chi connectivity index (χ1v) is 18.4. The van der Waals surface area contributed by atoms with E-state index in [1.165, 1.54) is 9.80 Å². The minimum absolute atomic E-state index is 0.00931. The first-order chi connectivity index (χ1) is 25.9. The van der Waals surface area contributed by atoms with Crippen LogP contribution in [0.25, 0.3) is 16.7 Å². The van der Waals surface area contributed by atoms with Crippen molar-refractivity contribution >= 4 is 46.7 Å². The molecule has 0 aromatic heterocycles. The lowest BCUT2D eigenvalue weighted by Crippen LogP contribution is -2.49. The van der Waals surface area contributed by atoms with Gasteiger partial charge in [0.2, 0.25) is 5.91 Å². The third kappa shape index (κ3) is 6.62. The highest BCUT2D eigenvalue weighted by molar-refractivity contribution is 8.03. The molecule has 10 heteroatoms. The van der Waals surface area contributed by atoms with Crippen LogP contribution in [-0.2, 0) is 14.3 Å². The van der Waals surface area contributed by atoms with E-state index in [-0.39, 0.29) is 44.1 Å². The molecular formula is C43H38N4O5S. The third-order valence-corrected chi connectivity index (χ3v) is 11.3. The molecular weight excluding hydrogens is 685 g/mol. The summed E-state index contributed by atoms with van der Waals surface area (Å²) in [6, 6.07) is 32.3. The summed E-state index contributed by atoms with van der Waals surface area (Å²) in [5.74, 6) is -1.57. The lowest BCUT2D eigenvalue weighted by Gasteiger charge is -2.40. The largest absolute Gasteiger partial charge is 0.480 e. The minimum atomic E-state index is -1.13. The zero-order valence-corrected chi connectivity index (χ0v) is 30.0. The van der Waals surface area contributed by atoms with E-state index in [0.717, 1.165) is 55.4 Å². The number of aliphatic carboxylic acids is 1. The summed E-state index contributed by atoms with van der Waals surface area (Å²) in [5, 5.41) is 13.6. The summed E-state index contributed by atoms with van der Waals surface area (Å²) in [6.07, 6.45) is 9.74. The molecule has 2 heterocycles. The van der Waals surface area contributed by atoms with Crippen molar-refractivity contribution in [3.8, 4) is 11.1 Å². The van der Waals surface area contributed by atoms with E-state index in [2.05, 4.69) is 78.0 Å². The predicted molar refractivity (Wildman–Crippen MR) is 209 cm³/mol. The summed E-state index contributed by atoms with van der Waals surface area (Å²) < 4.78 is 5.66. The van der Waals surface area contributed by atoms with Gasteiger partial charge in [-0.25, -0.2) is 4.79 Å². The Balaban J connectivity index is 0.956. The number of allylic oxidation sites excluding steroid dienone is 4. The number of carbonyl (C=O) groups is 3. The van der Waals surface area contributed by atoms with Gasteiger partial charge in [-0.3, -0.25) is 9.59 Å². The highest BCUT2D eigenvalue weighted by atomic mass is 32.2. The topological polar surface area (TPSA) is 102 Å². The van der Waals surface area contributed by atoms with Crippen LogP contribution >= 0.6 is 11.8 Å². The minimum Gasteiger partial charge on any atom is -0.480 e. The molecule has 2 N–H and O–H groups in total. The van der Waals surface area contributed by atoms with Gasteiger partial charge in [0.15, 0.2) is 0 Å². The maximum Gasteiger partial charge on any atom is 0.407 e. The smallest absolute Gasteiger partial charge is 0.407 e. The van der Waals surface area contributed by atoms with Crippen molar-refractivity contribution in [2.75, 3.05) is 49.6 Å². The standard InChI is InChI=1S/C43H38N4O5S/c1-45-38-20-10-11-21-39(38)53-41(45)24-34-32-16-6-8-18-36(32)47(37-19-9-7-17-33(34)37)25-40(48)46(26-42(49)50)23-22-44-43(51)52-27-35-30-14-4-2-12-28(30)29-13-3-5-15-31(29)35/h2-21,24,35-36H,22-23,25-27H2,1H3,(H,44,51)(H,49,50)/b41-24+. The molecule has 2 aliphatic heterocycles. The van der Waals surface area contributed by atoms with Crippen LogP contribution in [-0.4, -0.2) is 73.9 Å². The van der Waals surface area contributed by atoms with E-state index >= 15 is 0 Å². The number of amides is 2. The molecule has 4 aliphatic rings. The quantitative estimate of drug-likeness (QED) is 0.176. The molecule has 0 fully saturated rings. The van der Waals surface area contributed by atoms with Gasteiger partial charge in [-0.05, 0) is 57.7 Å². The zero-order chi connectivity index (χ0) is 36.5. The van der Waals surface area contributed by atoms with Crippen LogP contribution in [0, 0.1) is 0 Å². The summed E-state index contributed by atoms with van der Waals surface area (Å²) in [5.41, 5.74) is 9.66. The number of alkyl carbamates (subject to hydrolysis) is 1. The highest BCUT2D eigenvalue weighted by Crippen LogP contribution is 2.48. The average Bonchev–Trinajstić information content (AvgIpc) is 3.68. The second kappa shape index (κ2) is 14.6. The van der Waals surface area contributed by atoms with E-state index < -0.39 is 18.6 Å². The van der Waals surface area contributed by atoms with Crippen LogP contribution in [0.4, 0.5) is 16.2 Å². The number of ether oxygens (including phenoxy) is 1. The molecule has 1 unspecified atom stereocenters. The van der Waals surface area contributed by atoms with Crippen LogP contribution in [0.1, 0.15) is 22.6 Å². The Morgan fingerprint density at radius 3 is 2.25 bits per heavy atom. The van der Waals surface area contributed by atoms with Gasteiger partial charge in [0.1, 0.15) is 13.2 Å². The molecule has 266 valence electrons. The Hall–Kier alpha value is -6.00. The number of nitrogens with one attached hydrogen (secondary N) is 1. The number of para-hydroxylation sites is 2. The van der Waals surface area contributed by atoms with Crippen LogP contribution in [0.5, 0.6) is 0 Å². The predicted octanol–water partition coefficient (Wildman–Crippen LogP) is 7.29. The molecule has 2 aliphatic carbocycles.